The first kappa shape index (κ1) is 12.7. The van der Waals surface area contributed by atoms with Crippen molar-refractivity contribution >= 4 is 16.0 Å². The van der Waals surface area contributed by atoms with Crippen molar-refractivity contribution in [2.45, 2.75) is 11.7 Å². The van der Waals surface area contributed by atoms with Gasteiger partial charge in [0.2, 0.25) is 5.91 Å². The highest BCUT2D eigenvalue weighted by Gasteiger charge is 2.28. The molecule has 0 spiro atoms. The van der Waals surface area contributed by atoms with Crippen molar-refractivity contribution in [3.63, 3.8) is 0 Å². The maximum Gasteiger partial charge on any atom is 0.277 e. The summed E-state index contributed by atoms with van der Waals surface area (Å²) in [5.74, 6) is -1.03. The standard InChI is InChI=1S/C9H14N2O4S/c10-9(12)8(16(13,14)15)4-7-11-5-2-1-3-6-11/h1-3,5,8H,4,6-7H2,(H2,10,12)(H,13,14,15). The van der Waals surface area contributed by atoms with Gasteiger partial charge in [-0.1, -0.05) is 12.2 Å². The van der Waals surface area contributed by atoms with Crippen LogP contribution >= 0.6 is 0 Å². The monoisotopic (exact) mass is 246 g/mol. The van der Waals surface area contributed by atoms with E-state index in [1.807, 2.05) is 17.1 Å². The second kappa shape index (κ2) is 5.13. The quantitative estimate of drug-likeness (QED) is 0.637. The molecule has 1 atom stereocenters. The van der Waals surface area contributed by atoms with Crippen LogP contribution in [0.5, 0.6) is 0 Å². The Morgan fingerprint density at radius 1 is 1.50 bits per heavy atom. The fourth-order valence-corrected chi connectivity index (χ4v) is 2.09. The Morgan fingerprint density at radius 3 is 2.62 bits per heavy atom. The van der Waals surface area contributed by atoms with Gasteiger partial charge >= 0.3 is 0 Å². The van der Waals surface area contributed by atoms with Crippen LogP contribution in [0.3, 0.4) is 0 Å². The van der Waals surface area contributed by atoms with E-state index in [1.54, 1.807) is 12.3 Å². The van der Waals surface area contributed by atoms with Gasteiger partial charge in [0.05, 0.1) is 0 Å². The molecule has 1 rings (SSSR count). The molecule has 1 amide bonds. The number of amides is 1. The Balaban J connectivity index is 2.54. The average Bonchev–Trinajstić information content (AvgIpc) is 2.17. The third-order valence-corrected chi connectivity index (χ3v) is 3.43. The lowest BCUT2D eigenvalue weighted by Gasteiger charge is -2.21. The number of hydrogen-bond donors (Lipinski definition) is 2. The van der Waals surface area contributed by atoms with Crippen LogP contribution in [-0.2, 0) is 14.9 Å². The van der Waals surface area contributed by atoms with Crippen LogP contribution in [0.4, 0.5) is 0 Å². The van der Waals surface area contributed by atoms with Crippen LogP contribution in [0.15, 0.2) is 24.4 Å². The van der Waals surface area contributed by atoms with Crippen LogP contribution in [0, 0.1) is 0 Å². The van der Waals surface area contributed by atoms with E-state index in [2.05, 4.69) is 0 Å². The zero-order valence-corrected chi connectivity index (χ0v) is 9.43. The highest BCUT2D eigenvalue weighted by Crippen LogP contribution is 2.07. The number of carbonyl (C=O) groups is 1. The molecule has 1 heterocycles. The molecule has 3 N–H and O–H groups in total. The van der Waals surface area contributed by atoms with Gasteiger partial charge in [0, 0.05) is 13.1 Å². The van der Waals surface area contributed by atoms with Crippen LogP contribution in [-0.4, -0.2) is 42.1 Å². The topological polar surface area (TPSA) is 101 Å². The first-order chi connectivity index (χ1) is 7.41. The lowest BCUT2D eigenvalue weighted by molar-refractivity contribution is -0.117. The van der Waals surface area contributed by atoms with Crippen molar-refractivity contribution in [2.24, 2.45) is 5.73 Å². The molecular formula is C9H14N2O4S. The summed E-state index contributed by atoms with van der Waals surface area (Å²) in [5.41, 5.74) is 4.91. The van der Waals surface area contributed by atoms with Gasteiger partial charge in [-0.3, -0.25) is 9.35 Å². The lowest BCUT2D eigenvalue weighted by atomic mass is 10.2. The summed E-state index contributed by atoms with van der Waals surface area (Å²) in [5, 5.41) is -1.54. The lowest BCUT2D eigenvalue weighted by Crippen LogP contribution is -2.38. The minimum Gasteiger partial charge on any atom is -0.374 e. The van der Waals surface area contributed by atoms with E-state index in [-0.39, 0.29) is 6.42 Å². The van der Waals surface area contributed by atoms with E-state index in [0.717, 1.165) is 0 Å². The summed E-state index contributed by atoms with van der Waals surface area (Å²) < 4.78 is 30.5. The van der Waals surface area contributed by atoms with E-state index in [1.165, 1.54) is 0 Å². The molecule has 0 aromatic carbocycles. The van der Waals surface area contributed by atoms with Gasteiger partial charge in [0.1, 0.15) is 0 Å². The molecule has 1 aliphatic heterocycles. The number of allylic oxidation sites excluding steroid dienone is 2. The third-order valence-electron chi connectivity index (χ3n) is 2.24. The van der Waals surface area contributed by atoms with Gasteiger partial charge in [0.25, 0.3) is 10.1 Å². The van der Waals surface area contributed by atoms with E-state index in [4.69, 9.17) is 10.3 Å². The Kier molecular flexibility index (Phi) is 4.08. The van der Waals surface area contributed by atoms with Gasteiger partial charge in [0.15, 0.2) is 5.25 Å². The normalized spacial score (nSPS) is 17.4. The van der Waals surface area contributed by atoms with E-state index in [0.29, 0.717) is 13.1 Å². The van der Waals surface area contributed by atoms with Crippen LogP contribution in [0.2, 0.25) is 0 Å². The molecule has 0 aliphatic carbocycles. The minimum atomic E-state index is -4.41. The predicted octanol–water partition coefficient (Wildman–Crippen LogP) is -0.496. The molecule has 1 aliphatic rings. The number of nitrogens with two attached hydrogens (primary N) is 1. The molecular weight excluding hydrogens is 232 g/mol. The fourth-order valence-electron chi connectivity index (χ4n) is 1.39. The minimum absolute atomic E-state index is 0.0215. The van der Waals surface area contributed by atoms with E-state index < -0.39 is 21.3 Å². The highest BCUT2D eigenvalue weighted by atomic mass is 32.2. The Hall–Kier alpha value is -1.34. The van der Waals surface area contributed by atoms with Crippen molar-refractivity contribution < 1.29 is 17.8 Å². The predicted molar refractivity (Wildman–Crippen MR) is 59.0 cm³/mol. The summed E-state index contributed by atoms with van der Waals surface area (Å²) in [4.78, 5) is 12.7. The van der Waals surface area contributed by atoms with Crippen LogP contribution < -0.4 is 5.73 Å². The molecule has 0 aromatic heterocycles. The van der Waals surface area contributed by atoms with Gasteiger partial charge in [-0.2, -0.15) is 8.42 Å². The SMILES string of the molecule is NC(=O)C(CCN1C=CC=CC1)S(=O)(=O)O. The van der Waals surface area contributed by atoms with Gasteiger partial charge < -0.3 is 10.6 Å². The maximum atomic E-state index is 10.9. The van der Waals surface area contributed by atoms with Crippen molar-refractivity contribution in [3.05, 3.63) is 24.4 Å². The van der Waals surface area contributed by atoms with Gasteiger partial charge in [-0.05, 0) is 18.7 Å². The number of primary amides is 1. The van der Waals surface area contributed by atoms with E-state index >= 15 is 0 Å². The molecule has 7 heteroatoms. The first-order valence-electron chi connectivity index (χ1n) is 4.74. The van der Waals surface area contributed by atoms with E-state index in [9.17, 15) is 13.2 Å². The maximum absolute atomic E-state index is 10.9. The summed E-state index contributed by atoms with van der Waals surface area (Å²) in [6, 6.07) is 0. The summed E-state index contributed by atoms with van der Waals surface area (Å²) in [6.45, 7) is 0.988. The fraction of sp³-hybridized carbons (Fsp3) is 0.444. The second-order valence-corrected chi connectivity index (χ2v) is 5.06. The number of nitrogens with zero attached hydrogens (tertiary/aromatic N) is 1. The largest absolute Gasteiger partial charge is 0.374 e. The Labute approximate surface area is 94.2 Å². The molecule has 0 aromatic rings. The summed E-state index contributed by atoms with van der Waals surface area (Å²) in [6.07, 6.45) is 7.32. The Morgan fingerprint density at radius 2 is 2.19 bits per heavy atom. The zero-order valence-electron chi connectivity index (χ0n) is 8.61. The zero-order chi connectivity index (χ0) is 12.2. The summed E-state index contributed by atoms with van der Waals surface area (Å²) in [7, 11) is -4.41. The molecule has 0 fully saturated rings. The van der Waals surface area contributed by atoms with Gasteiger partial charge in [-0.15, -0.1) is 0 Å². The second-order valence-electron chi connectivity index (χ2n) is 3.46. The van der Waals surface area contributed by atoms with Crippen molar-refractivity contribution in [1.29, 1.82) is 0 Å². The molecule has 0 radical (unpaired) electrons. The van der Waals surface area contributed by atoms with Crippen molar-refractivity contribution in [1.82, 2.24) is 4.90 Å². The number of hydrogen-bond acceptors (Lipinski definition) is 4. The van der Waals surface area contributed by atoms with Crippen LogP contribution in [0.1, 0.15) is 6.42 Å². The van der Waals surface area contributed by atoms with Crippen molar-refractivity contribution in [3.8, 4) is 0 Å². The molecule has 90 valence electrons. The molecule has 16 heavy (non-hydrogen) atoms. The smallest absolute Gasteiger partial charge is 0.277 e. The molecule has 0 bridgehead atoms. The van der Waals surface area contributed by atoms with Crippen molar-refractivity contribution in [2.75, 3.05) is 13.1 Å². The van der Waals surface area contributed by atoms with Crippen LogP contribution in [0.25, 0.3) is 0 Å². The molecule has 0 saturated heterocycles. The Bertz CT molecular complexity index is 413. The molecule has 1 unspecified atom stereocenters. The molecule has 6 nitrogen and oxygen atoms in total. The summed E-state index contributed by atoms with van der Waals surface area (Å²) >= 11 is 0. The molecule has 0 saturated carbocycles. The number of rotatable bonds is 5. The highest BCUT2D eigenvalue weighted by molar-refractivity contribution is 7.87. The number of carbonyl (C=O) groups excluding carboxylic acids is 1. The van der Waals surface area contributed by atoms with Gasteiger partial charge in [-0.25, -0.2) is 0 Å². The third kappa shape index (κ3) is 3.67. The average molecular weight is 246 g/mol. The first-order valence-corrected chi connectivity index (χ1v) is 6.24.